The fourth-order valence-electron chi connectivity index (χ4n) is 2.05. The van der Waals surface area contributed by atoms with E-state index >= 15 is 0 Å². The first-order valence-corrected chi connectivity index (χ1v) is 5.52. The van der Waals surface area contributed by atoms with Crippen LogP contribution in [0.1, 0.15) is 12.8 Å². The van der Waals surface area contributed by atoms with Crippen LogP contribution in [0.25, 0.3) is 0 Å². The molecule has 1 aromatic carbocycles. The van der Waals surface area contributed by atoms with E-state index in [1.807, 2.05) is 0 Å². The molecule has 1 saturated heterocycles. The highest BCUT2D eigenvalue weighted by atomic mass is 19.1. The van der Waals surface area contributed by atoms with Gasteiger partial charge in [0.1, 0.15) is 11.2 Å². The number of piperidine rings is 1. The van der Waals surface area contributed by atoms with Gasteiger partial charge in [-0.1, -0.05) is 0 Å². The molecule has 1 aromatic rings. The monoisotopic (exact) mass is 229 g/mol. The van der Waals surface area contributed by atoms with E-state index in [0.29, 0.717) is 25.9 Å². The summed E-state index contributed by atoms with van der Waals surface area (Å²) in [6.07, 6.45) is 1.08. The summed E-state index contributed by atoms with van der Waals surface area (Å²) >= 11 is 0. The van der Waals surface area contributed by atoms with E-state index in [4.69, 9.17) is 10.5 Å². The summed E-state index contributed by atoms with van der Waals surface area (Å²) in [6, 6.07) is 10.5. The van der Waals surface area contributed by atoms with Crippen molar-refractivity contribution in [1.82, 2.24) is 0 Å². The van der Waals surface area contributed by atoms with Crippen LogP contribution in [0.5, 0.6) is 0 Å². The van der Waals surface area contributed by atoms with Crippen LogP contribution < -0.4 is 4.90 Å². The number of hydrogen-bond donors (Lipinski definition) is 0. The predicted octanol–water partition coefficient (Wildman–Crippen LogP) is 2.46. The summed E-state index contributed by atoms with van der Waals surface area (Å²) < 4.78 is 12.8. The molecule has 0 atom stereocenters. The molecular formula is C13H12FN3. The molecule has 0 spiro atoms. The average molecular weight is 229 g/mol. The molecule has 0 N–H and O–H groups in total. The van der Waals surface area contributed by atoms with Crippen LogP contribution in [0.15, 0.2) is 24.3 Å². The zero-order valence-electron chi connectivity index (χ0n) is 9.36. The van der Waals surface area contributed by atoms with E-state index in [2.05, 4.69) is 17.0 Å². The quantitative estimate of drug-likeness (QED) is 0.743. The SMILES string of the molecule is N#CC1(C#N)CCN(c2ccc(F)cc2)CC1. The van der Waals surface area contributed by atoms with Gasteiger partial charge in [0.15, 0.2) is 0 Å². The van der Waals surface area contributed by atoms with Gasteiger partial charge >= 0.3 is 0 Å². The first-order chi connectivity index (χ1) is 8.19. The molecule has 86 valence electrons. The lowest BCUT2D eigenvalue weighted by atomic mass is 9.81. The van der Waals surface area contributed by atoms with Crippen molar-refractivity contribution in [2.24, 2.45) is 5.41 Å². The van der Waals surface area contributed by atoms with Gasteiger partial charge in [-0.3, -0.25) is 0 Å². The number of halogens is 1. The van der Waals surface area contributed by atoms with E-state index in [1.165, 1.54) is 12.1 Å². The molecule has 0 aliphatic carbocycles. The molecule has 4 heteroatoms. The largest absolute Gasteiger partial charge is 0.371 e. The number of rotatable bonds is 1. The lowest BCUT2D eigenvalue weighted by Crippen LogP contribution is -2.38. The fourth-order valence-corrected chi connectivity index (χ4v) is 2.05. The maximum Gasteiger partial charge on any atom is 0.147 e. The summed E-state index contributed by atoms with van der Waals surface area (Å²) in [7, 11) is 0. The van der Waals surface area contributed by atoms with E-state index in [0.717, 1.165) is 5.69 Å². The van der Waals surface area contributed by atoms with Gasteiger partial charge in [-0.2, -0.15) is 10.5 Å². The number of nitrogens with zero attached hydrogens (tertiary/aromatic N) is 3. The summed E-state index contributed by atoms with van der Waals surface area (Å²) in [5.41, 5.74) is 0.104. The number of nitriles is 2. The Hall–Kier alpha value is -2.07. The number of benzene rings is 1. The van der Waals surface area contributed by atoms with Crippen molar-refractivity contribution in [3.63, 3.8) is 0 Å². The standard InChI is InChI=1S/C13H12FN3/c14-11-1-3-12(4-2-11)17-7-5-13(9-15,10-16)6-8-17/h1-4H,5-8H2. The molecule has 0 unspecified atom stereocenters. The summed E-state index contributed by atoms with van der Waals surface area (Å²) in [5.74, 6) is -0.255. The Morgan fingerprint density at radius 2 is 1.59 bits per heavy atom. The highest BCUT2D eigenvalue weighted by Gasteiger charge is 2.34. The topological polar surface area (TPSA) is 50.8 Å². The average Bonchev–Trinajstić information content (AvgIpc) is 2.40. The molecule has 17 heavy (non-hydrogen) atoms. The summed E-state index contributed by atoms with van der Waals surface area (Å²) in [4.78, 5) is 2.08. The molecule has 3 nitrogen and oxygen atoms in total. The Morgan fingerprint density at radius 3 is 2.06 bits per heavy atom. The first-order valence-electron chi connectivity index (χ1n) is 5.52. The molecule has 1 fully saturated rings. The number of anilines is 1. The highest BCUT2D eigenvalue weighted by Crippen LogP contribution is 2.32. The van der Waals surface area contributed by atoms with Gasteiger partial charge in [0.25, 0.3) is 0 Å². The van der Waals surface area contributed by atoms with Gasteiger partial charge < -0.3 is 4.90 Å². The number of hydrogen-bond acceptors (Lipinski definition) is 3. The zero-order chi connectivity index (χ0) is 12.3. The third-order valence-corrected chi connectivity index (χ3v) is 3.24. The minimum absolute atomic E-state index is 0.255. The van der Waals surface area contributed by atoms with Gasteiger partial charge in [0.2, 0.25) is 0 Å². The highest BCUT2D eigenvalue weighted by molar-refractivity contribution is 5.47. The van der Waals surface area contributed by atoms with Crippen LogP contribution in [0.3, 0.4) is 0 Å². The van der Waals surface area contributed by atoms with Crippen LogP contribution in [0.4, 0.5) is 10.1 Å². The minimum Gasteiger partial charge on any atom is -0.371 e. The van der Waals surface area contributed by atoms with Crippen molar-refractivity contribution in [3.05, 3.63) is 30.1 Å². The molecule has 0 radical (unpaired) electrons. The van der Waals surface area contributed by atoms with Crippen molar-refractivity contribution < 1.29 is 4.39 Å². The van der Waals surface area contributed by atoms with Crippen molar-refractivity contribution in [2.75, 3.05) is 18.0 Å². The Kier molecular flexibility index (Phi) is 2.97. The molecule has 2 rings (SSSR count). The Morgan fingerprint density at radius 1 is 1.06 bits per heavy atom. The van der Waals surface area contributed by atoms with Crippen LogP contribution in [-0.4, -0.2) is 13.1 Å². The zero-order valence-corrected chi connectivity index (χ0v) is 9.36. The van der Waals surface area contributed by atoms with Crippen molar-refractivity contribution >= 4 is 5.69 Å². The molecule has 1 aliphatic heterocycles. The third-order valence-electron chi connectivity index (χ3n) is 3.24. The predicted molar refractivity (Wildman–Crippen MR) is 61.5 cm³/mol. The fraction of sp³-hybridized carbons (Fsp3) is 0.385. The smallest absolute Gasteiger partial charge is 0.147 e. The van der Waals surface area contributed by atoms with E-state index < -0.39 is 5.41 Å². The van der Waals surface area contributed by atoms with Gasteiger partial charge in [0, 0.05) is 18.8 Å². The van der Waals surface area contributed by atoms with E-state index in [1.54, 1.807) is 12.1 Å². The normalized spacial score (nSPS) is 18.2. The first kappa shape index (κ1) is 11.4. The molecule has 1 aliphatic rings. The lowest BCUT2D eigenvalue weighted by Gasteiger charge is -2.34. The van der Waals surface area contributed by atoms with Gasteiger partial charge in [-0.25, -0.2) is 4.39 Å². The lowest BCUT2D eigenvalue weighted by molar-refractivity contribution is 0.393. The maximum atomic E-state index is 12.8. The molecule has 0 aromatic heterocycles. The van der Waals surface area contributed by atoms with Crippen molar-refractivity contribution in [2.45, 2.75) is 12.8 Å². The summed E-state index contributed by atoms with van der Waals surface area (Å²) in [5, 5.41) is 18.0. The van der Waals surface area contributed by atoms with Crippen molar-refractivity contribution in [3.8, 4) is 12.1 Å². The van der Waals surface area contributed by atoms with Crippen LogP contribution in [0, 0.1) is 33.9 Å². The van der Waals surface area contributed by atoms with Gasteiger partial charge in [-0.15, -0.1) is 0 Å². The Labute approximate surface area is 99.7 Å². The summed E-state index contributed by atoms with van der Waals surface area (Å²) in [6.45, 7) is 1.32. The van der Waals surface area contributed by atoms with E-state index in [9.17, 15) is 4.39 Å². The minimum atomic E-state index is -0.837. The molecule has 0 saturated carbocycles. The molecular weight excluding hydrogens is 217 g/mol. The molecule has 1 heterocycles. The Balaban J connectivity index is 2.08. The van der Waals surface area contributed by atoms with Crippen LogP contribution >= 0.6 is 0 Å². The second kappa shape index (κ2) is 4.43. The second-order valence-electron chi connectivity index (χ2n) is 4.27. The molecule has 0 bridgehead atoms. The van der Waals surface area contributed by atoms with Crippen LogP contribution in [-0.2, 0) is 0 Å². The maximum absolute atomic E-state index is 12.8. The van der Waals surface area contributed by atoms with Gasteiger partial charge in [-0.05, 0) is 37.1 Å². The van der Waals surface area contributed by atoms with Gasteiger partial charge in [0.05, 0.1) is 12.1 Å². The Bertz CT molecular complexity index is 457. The second-order valence-corrected chi connectivity index (χ2v) is 4.27. The van der Waals surface area contributed by atoms with Crippen molar-refractivity contribution in [1.29, 1.82) is 10.5 Å². The molecule has 0 amide bonds. The van der Waals surface area contributed by atoms with Crippen LogP contribution in [0.2, 0.25) is 0 Å². The van der Waals surface area contributed by atoms with E-state index in [-0.39, 0.29) is 5.82 Å². The third kappa shape index (κ3) is 2.21.